The SMILES string of the molecule is Cc1c(F)cc(C(=O)O)cc1S(=O)(=O)N1CCC(CN)C1. The maximum absolute atomic E-state index is 13.8. The zero-order chi connectivity index (χ0) is 15.8. The fraction of sp³-hybridized carbons (Fsp3) is 0.462. The lowest BCUT2D eigenvalue weighted by Crippen LogP contribution is -2.30. The summed E-state index contributed by atoms with van der Waals surface area (Å²) in [6.45, 7) is 2.29. The van der Waals surface area contributed by atoms with E-state index >= 15 is 0 Å². The van der Waals surface area contributed by atoms with E-state index in [-0.39, 0.29) is 28.5 Å². The smallest absolute Gasteiger partial charge is 0.335 e. The average molecular weight is 316 g/mol. The zero-order valence-corrected chi connectivity index (χ0v) is 12.4. The number of hydrogen-bond donors (Lipinski definition) is 2. The van der Waals surface area contributed by atoms with Crippen LogP contribution in [0.5, 0.6) is 0 Å². The van der Waals surface area contributed by atoms with Gasteiger partial charge in [0.1, 0.15) is 5.82 Å². The van der Waals surface area contributed by atoms with E-state index in [4.69, 9.17) is 10.8 Å². The number of carbonyl (C=O) groups is 1. The van der Waals surface area contributed by atoms with Crippen LogP contribution in [0.4, 0.5) is 4.39 Å². The van der Waals surface area contributed by atoms with Gasteiger partial charge in [0, 0.05) is 18.7 Å². The van der Waals surface area contributed by atoms with Gasteiger partial charge in [-0.1, -0.05) is 0 Å². The molecule has 8 heteroatoms. The van der Waals surface area contributed by atoms with Crippen molar-refractivity contribution in [2.24, 2.45) is 11.7 Å². The molecule has 1 saturated heterocycles. The molecule has 0 spiro atoms. The Balaban J connectivity index is 2.47. The quantitative estimate of drug-likeness (QED) is 0.856. The third-order valence-electron chi connectivity index (χ3n) is 3.74. The molecule has 1 fully saturated rings. The normalized spacial score (nSPS) is 19.9. The number of nitrogens with two attached hydrogens (primary N) is 1. The zero-order valence-electron chi connectivity index (χ0n) is 11.5. The summed E-state index contributed by atoms with van der Waals surface area (Å²) in [5, 5.41) is 8.94. The Morgan fingerprint density at radius 1 is 1.52 bits per heavy atom. The van der Waals surface area contributed by atoms with E-state index in [0.717, 1.165) is 12.1 Å². The number of rotatable bonds is 4. The Labute approximate surface area is 122 Å². The molecule has 0 aromatic heterocycles. The monoisotopic (exact) mass is 316 g/mol. The minimum absolute atomic E-state index is 0.0730. The first-order chi connectivity index (χ1) is 9.77. The molecule has 1 unspecified atom stereocenters. The first-order valence-corrected chi connectivity index (χ1v) is 7.95. The molecular formula is C13H17FN2O4S. The van der Waals surface area contributed by atoms with Gasteiger partial charge in [0.2, 0.25) is 10.0 Å². The first-order valence-electron chi connectivity index (χ1n) is 6.51. The third-order valence-corrected chi connectivity index (χ3v) is 5.73. The Morgan fingerprint density at radius 2 is 2.19 bits per heavy atom. The van der Waals surface area contributed by atoms with E-state index in [1.54, 1.807) is 0 Å². The van der Waals surface area contributed by atoms with Crippen molar-refractivity contribution in [3.63, 3.8) is 0 Å². The molecule has 1 aliphatic heterocycles. The van der Waals surface area contributed by atoms with Crippen LogP contribution >= 0.6 is 0 Å². The van der Waals surface area contributed by atoms with Crippen LogP contribution in [0, 0.1) is 18.7 Å². The van der Waals surface area contributed by atoms with Crippen molar-refractivity contribution in [1.82, 2.24) is 4.31 Å². The fourth-order valence-electron chi connectivity index (χ4n) is 2.39. The van der Waals surface area contributed by atoms with Crippen LogP contribution in [-0.2, 0) is 10.0 Å². The van der Waals surface area contributed by atoms with Gasteiger partial charge in [-0.25, -0.2) is 17.6 Å². The molecule has 0 saturated carbocycles. The molecule has 1 heterocycles. The summed E-state index contributed by atoms with van der Waals surface area (Å²) in [5.74, 6) is -2.14. The van der Waals surface area contributed by atoms with Crippen LogP contribution in [0.2, 0.25) is 0 Å². The van der Waals surface area contributed by atoms with Gasteiger partial charge in [0.05, 0.1) is 10.5 Å². The predicted molar refractivity (Wildman–Crippen MR) is 74.0 cm³/mol. The Bertz CT molecular complexity index is 675. The van der Waals surface area contributed by atoms with Crippen molar-refractivity contribution in [2.75, 3.05) is 19.6 Å². The summed E-state index contributed by atoms with van der Waals surface area (Å²) >= 11 is 0. The number of sulfonamides is 1. The van der Waals surface area contributed by atoms with Crippen molar-refractivity contribution in [1.29, 1.82) is 0 Å². The Kier molecular flexibility index (Phi) is 4.31. The Hall–Kier alpha value is -1.51. The lowest BCUT2D eigenvalue weighted by Gasteiger charge is -2.18. The standard InChI is InChI=1S/C13H17FN2O4S/c1-8-11(14)4-10(13(17)18)5-12(8)21(19,20)16-3-2-9(6-15)7-16/h4-5,9H,2-3,6-7,15H2,1H3,(H,17,18). The van der Waals surface area contributed by atoms with Crippen LogP contribution in [0.1, 0.15) is 22.3 Å². The minimum atomic E-state index is -3.92. The van der Waals surface area contributed by atoms with Gasteiger partial charge in [-0.3, -0.25) is 0 Å². The highest BCUT2D eigenvalue weighted by Gasteiger charge is 2.34. The largest absolute Gasteiger partial charge is 0.478 e. The molecule has 6 nitrogen and oxygen atoms in total. The molecule has 2 rings (SSSR count). The topological polar surface area (TPSA) is 101 Å². The molecule has 1 aliphatic rings. The van der Waals surface area contributed by atoms with Gasteiger partial charge in [-0.05, 0) is 37.9 Å². The summed E-state index contributed by atoms with van der Waals surface area (Å²) in [5.41, 5.74) is 5.08. The highest BCUT2D eigenvalue weighted by molar-refractivity contribution is 7.89. The highest BCUT2D eigenvalue weighted by atomic mass is 32.2. The fourth-order valence-corrected chi connectivity index (χ4v) is 4.18. The second-order valence-electron chi connectivity index (χ2n) is 5.14. The number of aromatic carboxylic acids is 1. The second-order valence-corrected chi connectivity index (χ2v) is 7.05. The number of carboxylic acid groups (broad SMARTS) is 1. The van der Waals surface area contributed by atoms with Crippen molar-refractivity contribution in [2.45, 2.75) is 18.2 Å². The van der Waals surface area contributed by atoms with Crippen LogP contribution < -0.4 is 5.73 Å². The highest BCUT2D eigenvalue weighted by Crippen LogP contribution is 2.28. The number of halogens is 1. The van der Waals surface area contributed by atoms with E-state index in [2.05, 4.69) is 0 Å². The molecule has 1 atom stereocenters. The van der Waals surface area contributed by atoms with Crippen molar-refractivity contribution in [3.05, 3.63) is 29.1 Å². The molecule has 3 N–H and O–H groups in total. The van der Waals surface area contributed by atoms with Gasteiger partial charge in [0.15, 0.2) is 0 Å². The van der Waals surface area contributed by atoms with E-state index in [0.29, 0.717) is 19.5 Å². The molecule has 0 radical (unpaired) electrons. The average Bonchev–Trinajstić information content (AvgIpc) is 2.90. The van der Waals surface area contributed by atoms with Crippen LogP contribution in [0.15, 0.2) is 17.0 Å². The van der Waals surface area contributed by atoms with Gasteiger partial charge < -0.3 is 10.8 Å². The van der Waals surface area contributed by atoms with Crippen LogP contribution in [0.25, 0.3) is 0 Å². The third kappa shape index (κ3) is 2.92. The van der Waals surface area contributed by atoms with E-state index in [1.807, 2.05) is 0 Å². The molecule has 116 valence electrons. The van der Waals surface area contributed by atoms with Crippen molar-refractivity contribution >= 4 is 16.0 Å². The summed E-state index contributed by atoms with van der Waals surface area (Å²) in [4.78, 5) is 10.7. The maximum Gasteiger partial charge on any atom is 0.335 e. The van der Waals surface area contributed by atoms with Crippen molar-refractivity contribution in [3.8, 4) is 0 Å². The first kappa shape index (κ1) is 15.9. The summed E-state index contributed by atoms with van der Waals surface area (Å²) < 4.78 is 40.2. The molecule has 21 heavy (non-hydrogen) atoms. The second kappa shape index (κ2) is 5.70. The molecule has 0 amide bonds. The van der Waals surface area contributed by atoms with Gasteiger partial charge in [0.25, 0.3) is 0 Å². The minimum Gasteiger partial charge on any atom is -0.478 e. The molecular weight excluding hydrogens is 299 g/mol. The van der Waals surface area contributed by atoms with E-state index in [1.165, 1.54) is 11.2 Å². The van der Waals surface area contributed by atoms with E-state index in [9.17, 15) is 17.6 Å². The molecule has 1 aromatic rings. The number of benzene rings is 1. The summed E-state index contributed by atoms with van der Waals surface area (Å²) in [7, 11) is -3.92. The van der Waals surface area contributed by atoms with Crippen LogP contribution in [0.3, 0.4) is 0 Å². The number of carboxylic acids is 1. The van der Waals surface area contributed by atoms with E-state index < -0.39 is 21.8 Å². The lowest BCUT2D eigenvalue weighted by molar-refractivity contribution is 0.0696. The van der Waals surface area contributed by atoms with Crippen LogP contribution in [-0.4, -0.2) is 43.4 Å². The molecule has 0 bridgehead atoms. The summed E-state index contributed by atoms with van der Waals surface area (Å²) in [6.07, 6.45) is 0.649. The maximum atomic E-state index is 13.8. The molecule has 1 aromatic carbocycles. The number of nitrogens with zero attached hydrogens (tertiary/aromatic N) is 1. The number of hydrogen-bond acceptors (Lipinski definition) is 4. The lowest BCUT2D eigenvalue weighted by atomic mass is 10.1. The van der Waals surface area contributed by atoms with Gasteiger partial charge in [-0.15, -0.1) is 0 Å². The Morgan fingerprint density at radius 3 is 2.71 bits per heavy atom. The predicted octanol–water partition coefficient (Wildman–Crippen LogP) is 0.802. The van der Waals surface area contributed by atoms with Gasteiger partial charge in [-0.2, -0.15) is 4.31 Å². The van der Waals surface area contributed by atoms with Crippen molar-refractivity contribution < 1.29 is 22.7 Å². The molecule has 0 aliphatic carbocycles. The van der Waals surface area contributed by atoms with Gasteiger partial charge >= 0.3 is 5.97 Å². The summed E-state index contributed by atoms with van der Waals surface area (Å²) in [6, 6.07) is 1.83.